The summed E-state index contributed by atoms with van der Waals surface area (Å²) in [6.07, 6.45) is 2.79. The lowest BCUT2D eigenvalue weighted by Crippen LogP contribution is -2.45. The number of hydrogen-bond donors (Lipinski definition) is 2. The molecule has 0 amide bonds. The average molecular weight is 342 g/mol. The second kappa shape index (κ2) is 6.34. The third-order valence-electron chi connectivity index (χ3n) is 2.99. The summed E-state index contributed by atoms with van der Waals surface area (Å²) in [5.74, 6) is -0.491. The number of hydrogen-bond acceptors (Lipinski definition) is 5. The van der Waals surface area contributed by atoms with Crippen molar-refractivity contribution in [3.05, 3.63) is 34.7 Å². The van der Waals surface area contributed by atoms with Gasteiger partial charge in [0, 0.05) is 17.2 Å². The Morgan fingerprint density at radius 3 is 3.00 bits per heavy atom. The van der Waals surface area contributed by atoms with Gasteiger partial charge in [0.2, 0.25) is 0 Å². The molecule has 2 aromatic heterocycles. The SMILES string of the molecule is COC(=O)[C@@H](NCc1cnc2ccc(Br)cn12)[C@H](C)O. The number of aliphatic hydroxyl groups is 1. The van der Waals surface area contributed by atoms with Crippen LogP contribution in [0.5, 0.6) is 0 Å². The van der Waals surface area contributed by atoms with E-state index in [4.69, 9.17) is 0 Å². The molecule has 0 spiro atoms. The Bertz CT molecular complexity index is 612. The zero-order valence-electron chi connectivity index (χ0n) is 11.2. The number of halogens is 1. The number of methoxy groups -OCH3 is 1. The predicted molar refractivity (Wildman–Crippen MR) is 77.2 cm³/mol. The monoisotopic (exact) mass is 341 g/mol. The van der Waals surface area contributed by atoms with E-state index in [9.17, 15) is 9.90 Å². The molecular weight excluding hydrogens is 326 g/mol. The molecule has 0 unspecified atom stereocenters. The summed E-state index contributed by atoms with van der Waals surface area (Å²) in [7, 11) is 1.30. The molecule has 20 heavy (non-hydrogen) atoms. The molecule has 2 heterocycles. The number of rotatable bonds is 5. The summed E-state index contributed by atoms with van der Waals surface area (Å²) in [4.78, 5) is 15.8. The van der Waals surface area contributed by atoms with Crippen LogP contribution >= 0.6 is 15.9 Å². The second-order valence-corrected chi connectivity index (χ2v) is 5.36. The Labute approximate surface area is 124 Å². The van der Waals surface area contributed by atoms with E-state index in [2.05, 4.69) is 31.0 Å². The van der Waals surface area contributed by atoms with Crippen molar-refractivity contribution in [3.8, 4) is 0 Å². The van der Waals surface area contributed by atoms with E-state index in [1.807, 2.05) is 22.7 Å². The standard InChI is InChI=1S/C13H16BrN3O3/c1-8(18)12(13(19)20-2)16-6-10-5-15-11-4-3-9(14)7-17(10)11/h3-5,7-8,12,16,18H,6H2,1-2H3/t8-,12-/m0/s1. The van der Waals surface area contributed by atoms with Crippen molar-refractivity contribution in [3.63, 3.8) is 0 Å². The molecule has 2 rings (SSSR count). The lowest BCUT2D eigenvalue weighted by molar-refractivity contribution is -0.145. The molecule has 0 saturated heterocycles. The van der Waals surface area contributed by atoms with Crippen LogP contribution in [0.3, 0.4) is 0 Å². The fraction of sp³-hybridized carbons (Fsp3) is 0.385. The Morgan fingerprint density at radius 2 is 2.35 bits per heavy atom. The normalized spacial score (nSPS) is 14.2. The molecule has 2 N–H and O–H groups in total. The van der Waals surface area contributed by atoms with Gasteiger partial charge in [0.1, 0.15) is 11.7 Å². The minimum atomic E-state index is -0.839. The van der Waals surface area contributed by atoms with Crippen LogP contribution in [0.15, 0.2) is 29.0 Å². The molecule has 6 nitrogen and oxygen atoms in total. The van der Waals surface area contributed by atoms with Gasteiger partial charge in [-0.3, -0.25) is 10.1 Å². The zero-order valence-corrected chi connectivity index (χ0v) is 12.8. The highest BCUT2D eigenvalue weighted by Crippen LogP contribution is 2.13. The van der Waals surface area contributed by atoms with Crippen LogP contribution in [-0.4, -0.2) is 39.7 Å². The fourth-order valence-corrected chi connectivity index (χ4v) is 2.27. The first-order chi connectivity index (χ1) is 9.52. The number of nitrogens with zero attached hydrogens (tertiary/aromatic N) is 2. The zero-order chi connectivity index (χ0) is 14.7. The molecule has 2 aromatic rings. The molecule has 0 aliphatic rings. The van der Waals surface area contributed by atoms with Gasteiger partial charge in [-0.25, -0.2) is 4.98 Å². The number of imidazole rings is 1. The molecule has 0 aromatic carbocycles. The van der Waals surface area contributed by atoms with Gasteiger partial charge in [-0.1, -0.05) is 0 Å². The van der Waals surface area contributed by atoms with Crippen molar-refractivity contribution in [2.45, 2.75) is 25.6 Å². The number of esters is 1. The van der Waals surface area contributed by atoms with Crippen molar-refractivity contribution in [1.82, 2.24) is 14.7 Å². The van der Waals surface area contributed by atoms with Crippen molar-refractivity contribution >= 4 is 27.5 Å². The van der Waals surface area contributed by atoms with Gasteiger partial charge in [0.15, 0.2) is 0 Å². The summed E-state index contributed by atoms with van der Waals surface area (Å²) in [5.41, 5.74) is 1.70. The Balaban J connectivity index is 2.15. The smallest absolute Gasteiger partial charge is 0.325 e. The van der Waals surface area contributed by atoms with Crippen LogP contribution in [0, 0.1) is 0 Å². The first-order valence-corrected chi connectivity index (χ1v) is 6.93. The predicted octanol–water partition coefficient (Wildman–Crippen LogP) is 1.11. The van der Waals surface area contributed by atoms with E-state index in [-0.39, 0.29) is 0 Å². The minimum absolute atomic E-state index is 0.391. The maximum atomic E-state index is 11.6. The third-order valence-corrected chi connectivity index (χ3v) is 3.46. The van der Waals surface area contributed by atoms with Gasteiger partial charge in [-0.05, 0) is 35.0 Å². The van der Waals surface area contributed by atoms with Gasteiger partial charge < -0.3 is 14.2 Å². The Hall–Kier alpha value is -1.44. The first kappa shape index (κ1) is 15.0. The minimum Gasteiger partial charge on any atom is -0.468 e. The molecule has 0 aliphatic heterocycles. The molecule has 0 fully saturated rings. The maximum absolute atomic E-state index is 11.6. The highest BCUT2D eigenvalue weighted by atomic mass is 79.9. The van der Waals surface area contributed by atoms with E-state index in [1.54, 1.807) is 13.1 Å². The van der Waals surface area contributed by atoms with E-state index in [0.717, 1.165) is 15.8 Å². The molecule has 108 valence electrons. The topological polar surface area (TPSA) is 75.9 Å². The van der Waals surface area contributed by atoms with Gasteiger partial charge in [0.25, 0.3) is 0 Å². The first-order valence-electron chi connectivity index (χ1n) is 6.13. The molecule has 7 heteroatoms. The highest BCUT2D eigenvalue weighted by Gasteiger charge is 2.24. The van der Waals surface area contributed by atoms with E-state index >= 15 is 0 Å². The second-order valence-electron chi connectivity index (χ2n) is 4.45. The van der Waals surface area contributed by atoms with Crippen LogP contribution in [0.25, 0.3) is 5.65 Å². The lowest BCUT2D eigenvalue weighted by Gasteiger charge is -2.18. The largest absolute Gasteiger partial charge is 0.468 e. The van der Waals surface area contributed by atoms with Gasteiger partial charge in [-0.15, -0.1) is 0 Å². The average Bonchev–Trinajstić information content (AvgIpc) is 2.80. The molecule has 0 aliphatic carbocycles. The van der Waals surface area contributed by atoms with Crippen molar-refractivity contribution in [2.75, 3.05) is 7.11 Å². The Morgan fingerprint density at radius 1 is 1.60 bits per heavy atom. The third kappa shape index (κ3) is 3.17. The summed E-state index contributed by atoms with van der Waals surface area (Å²) in [6.45, 7) is 1.93. The van der Waals surface area contributed by atoms with Crippen molar-refractivity contribution in [2.24, 2.45) is 0 Å². The number of ether oxygens (including phenoxy) is 1. The van der Waals surface area contributed by atoms with E-state index in [0.29, 0.717) is 6.54 Å². The molecular formula is C13H16BrN3O3. The number of carbonyl (C=O) groups is 1. The van der Waals surface area contributed by atoms with Gasteiger partial charge in [0.05, 0.1) is 25.1 Å². The van der Waals surface area contributed by atoms with Gasteiger partial charge >= 0.3 is 5.97 Å². The van der Waals surface area contributed by atoms with Crippen molar-refractivity contribution in [1.29, 1.82) is 0 Å². The number of pyridine rings is 1. The van der Waals surface area contributed by atoms with E-state index < -0.39 is 18.1 Å². The summed E-state index contributed by atoms with van der Waals surface area (Å²) >= 11 is 3.41. The summed E-state index contributed by atoms with van der Waals surface area (Å²) < 4.78 is 7.50. The molecule has 0 saturated carbocycles. The maximum Gasteiger partial charge on any atom is 0.325 e. The molecule has 2 atom stereocenters. The van der Waals surface area contributed by atoms with Crippen LogP contribution in [-0.2, 0) is 16.1 Å². The quantitative estimate of drug-likeness (QED) is 0.796. The van der Waals surface area contributed by atoms with E-state index in [1.165, 1.54) is 7.11 Å². The number of carbonyl (C=O) groups excluding carboxylic acids is 1. The van der Waals surface area contributed by atoms with Crippen LogP contribution in [0.2, 0.25) is 0 Å². The number of nitrogens with one attached hydrogen (secondary N) is 1. The number of aliphatic hydroxyl groups excluding tert-OH is 1. The fourth-order valence-electron chi connectivity index (χ4n) is 1.93. The molecule has 0 radical (unpaired) electrons. The van der Waals surface area contributed by atoms with Crippen LogP contribution in [0.1, 0.15) is 12.6 Å². The summed E-state index contributed by atoms with van der Waals surface area (Å²) in [6, 6.07) is 3.03. The van der Waals surface area contributed by atoms with Crippen LogP contribution in [0.4, 0.5) is 0 Å². The lowest BCUT2D eigenvalue weighted by atomic mass is 10.2. The van der Waals surface area contributed by atoms with Gasteiger partial charge in [-0.2, -0.15) is 0 Å². The highest BCUT2D eigenvalue weighted by molar-refractivity contribution is 9.10. The number of aromatic nitrogens is 2. The number of fused-ring (bicyclic) bond motifs is 1. The summed E-state index contributed by atoms with van der Waals surface area (Å²) in [5, 5.41) is 12.6. The van der Waals surface area contributed by atoms with Crippen molar-refractivity contribution < 1.29 is 14.6 Å². The Kier molecular flexibility index (Phi) is 4.74. The molecule has 0 bridgehead atoms. The van der Waals surface area contributed by atoms with Crippen LogP contribution < -0.4 is 5.32 Å².